The van der Waals surface area contributed by atoms with Gasteiger partial charge in [-0.05, 0) is 85.3 Å². The summed E-state index contributed by atoms with van der Waals surface area (Å²) in [6.07, 6.45) is 0.323. The molecule has 0 aliphatic carbocycles. The van der Waals surface area contributed by atoms with Gasteiger partial charge in [-0.25, -0.2) is 4.79 Å². The summed E-state index contributed by atoms with van der Waals surface area (Å²) in [4.78, 5) is 45.1. The third-order valence-corrected chi connectivity index (χ3v) is 8.11. The molecule has 0 aliphatic heterocycles. The Kier molecular flexibility index (Phi) is 10.4. The van der Waals surface area contributed by atoms with E-state index >= 15 is 0 Å². The van der Waals surface area contributed by atoms with Crippen LogP contribution in [-0.4, -0.2) is 29.0 Å². The first-order chi connectivity index (χ1) is 19.3. The van der Waals surface area contributed by atoms with E-state index in [1.165, 1.54) is 18.7 Å². The molecule has 0 spiro atoms. The number of halogens is 1. The minimum atomic E-state index is -0.589. The molecule has 40 heavy (non-hydrogen) atoms. The number of aryl methyl sites for hydroxylation is 1. The first-order valence-electron chi connectivity index (χ1n) is 12.5. The highest BCUT2D eigenvalue weighted by Gasteiger charge is 2.16. The number of benzene rings is 4. The zero-order valence-electron chi connectivity index (χ0n) is 21.9. The van der Waals surface area contributed by atoms with Crippen LogP contribution in [0.2, 0.25) is 5.02 Å². The molecular formula is C32H26ClNO4S2. The first-order valence-corrected chi connectivity index (χ1v) is 14.6. The van der Waals surface area contributed by atoms with Crippen molar-refractivity contribution in [3.63, 3.8) is 0 Å². The summed E-state index contributed by atoms with van der Waals surface area (Å²) in [5.74, 6) is -0.318. The van der Waals surface area contributed by atoms with E-state index in [9.17, 15) is 14.4 Å². The number of carbonyl (C=O) groups is 3. The van der Waals surface area contributed by atoms with E-state index < -0.39 is 5.97 Å². The van der Waals surface area contributed by atoms with Crippen LogP contribution in [0.3, 0.4) is 0 Å². The molecule has 0 saturated heterocycles. The molecule has 4 aromatic rings. The van der Waals surface area contributed by atoms with Crippen molar-refractivity contribution in [3.05, 3.63) is 124 Å². The molecule has 0 N–H and O–H groups in total. The number of rotatable bonds is 11. The number of Topliss-reactive ketones (excluding diaryl/α,β-unsaturated/α-hetero) is 1. The van der Waals surface area contributed by atoms with Crippen LogP contribution in [-0.2, 0) is 9.63 Å². The molecule has 0 unspecified atom stereocenters. The molecule has 0 aromatic heterocycles. The second kappa shape index (κ2) is 14.1. The Morgan fingerprint density at radius 3 is 1.95 bits per heavy atom. The molecule has 0 heterocycles. The van der Waals surface area contributed by atoms with Crippen LogP contribution < -0.4 is 0 Å². The standard InChI is InChI=1S/C32H26ClNO4S2/c1-21-5-3-4-6-29(21)31(36)23-7-13-27(14-8-23)40-28-15-9-24(10-16-28)32(37)30(34-38-22(2)35)19-20-39-26-17-11-25(33)12-18-26/h3-18H,19-20H2,1-2H3. The van der Waals surface area contributed by atoms with E-state index in [4.69, 9.17) is 16.4 Å². The Hall–Kier alpha value is -3.65. The van der Waals surface area contributed by atoms with Crippen molar-refractivity contribution < 1.29 is 19.2 Å². The van der Waals surface area contributed by atoms with E-state index in [0.717, 1.165) is 20.2 Å². The van der Waals surface area contributed by atoms with Gasteiger partial charge in [-0.3, -0.25) is 9.59 Å². The van der Waals surface area contributed by atoms with Crippen molar-refractivity contribution >= 4 is 58.4 Å². The van der Waals surface area contributed by atoms with Crippen molar-refractivity contribution in [1.82, 2.24) is 0 Å². The fourth-order valence-corrected chi connectivity index (χ4v) is 5.55. The summed E-state index contributed by atoms with van der Waals surface area (Å²) >= 11 is 9.02. The Balaban J connectivity index is 1.39. The van der Waals surface area contributed by atoms with Gasteiger partial charge in [-0.15, -0.1) is 11.8 Å². The number of carbonyl (C=O) groups excluding carboxylic acids is 3. The molecule has 0 amide bonds. The Morgan fingerprint density at radius 2 is 1.35 bits per heavy atom. The zero-order valence-corrected chi connectivity index (χ0v) is 24.3. The van der Waals surface area contributed by atoms with Crippen molar-refractivity contribution in [2.45, 2.75) is 35.0 Å². The van der Waals surface area contributed by atoms with Gasteiger partial charge in [-0.1, -0.05) is 52.8 Å². The van der Waals surface area contributed by atoms with E-state index in [1.54, 1.807) is 23.9 Å². The molecule has 0 aliphatic rings. The maximum Gasteiger partial charge on any atom is 0.331 e. The number of hydrogen-bond acceptors (Lipinski definition) is 7. The van der Waals surface area contributed by atoms with Crippen molar-refractivity contribution in [1.29, 1.82) is 0 Å². The van der Waals surface area contributed by atoms with E-state index in [-0.39, 0.29) is 17.3 Å². The topological polar surface area (TPSA) is 72.8 Å². The first kappa shape index (κ1) is 29.3. The van der Waals surface area contributed by atoms with Gasteiger partial charge in [0.2, 0.25) is 5.78 Å². The largest absolute Gasteiger partial charge is 0.331 e. The van der Waals surface area contributed by atoms with Crippen LogP contribution in [0.5, 0.6) is 0 Å². The molecule has 4 aromatic carbocycles. The van der Waals surface area contributed by atoms with Gasteiger partial charge in [0, 0.05) is 55.5 Å². The minimum Gasteiger partial charge on any atom is -0.318 e. The predicted octanol–water partition coefficient (Wildman–Crippen LogP) is 8.31. The molecule has 5 nitrogen and oxygen atoms in total. The monoisotopic (exact) mass is 587 g/mol. The van der Waals surface area contributed by atoms with Gasteiger partial charge in [0.15, 0.2) is 5.78 Å². The maximum absolute atomic E-state index is 13.2. The molecule has 0 fully saturated rings. The summed E-state index contributed by atoms with van der Waals surface area (Å²) in [5, 5.41) is 4.49. The second-order valence-corrected chi connectivity index (χ2v) is 11.5. The van der Waals surface area contributed by atoms with Crippen molar-refractivity contribution in [3.8, 4) is 0 Å². The van der Waals surface area contributed by atoms with Gasteiger partial charge < -0.3 is 4.84 Å². The number of hydrogen-bond donors (Lipinski definition) is 0. The number of ketones is 2. The lowest BCUT2D eigenvalue weighted by molar-refractivity contribution is -0.140. The Labute approximate surface area is 247 Å². The van der Waals surface area contributed by atoms with E-state index in [2.05, 4.69) is 5.16 Å². The van der Waals surface area contributed by atoms with Crippen molar-refractivity contribution in [2.24, 2.45) is 5.16 Å². The molecule has 8 heteroatoms. The Morgan fingerprint density at radius 1 is 0.775 bits per heavy atom. The SMILES string of the molecule is CC(=O)ON=C(CCSc1ccc(Cl)cc1)C(=O)c1ccc(Sc2ccc(C(=O)c3ccccc3C)cc2)cc1. The smallest absolute Gasteiger partial charge is 0.318 e. The molecule has 0 radical (unpaired) electrons. The van der Waals surface area contributed by atoms with Gasteiger partial charge in [0.25, 0.3) is 0 Å². The Bertz CT molecular complexity index is 1530. The number of thioether (sulfide) groups is 1. The van der Waals surface area contributed by atoms with Crippen LogP contribution in [0.15, 0.2) is 117 Å². The molecule has 0 saturated carbocycles. The number of nitrogens with zero attached hydrogens (tertiary/aromatic N) is 1. The van der Waals surface area contributed by atoms with Crippen LogP contribution in [0.25, 0.3) is 0 Å². The third-order valence-electron chi connectivity index (χ3n) is 5.83. The van der Waals surface area contributed by atoms with E-state index in [1.807, 2.05) is 91.9 Å². The van der Waals surface area contributed by atoms with Crippen LogP contribution in [0.1, 0.15) is 45.2 Å². The van der Waals surface area contributed by atoms with Gasteiger partial charge in [0.1, 0.15) is 5.71 Å². The lowest BCUT2D eigenvalue weighted by atomic mass is 9.99. The lowest BCUT2D eigenvalue weighted by Gasteiger charge is -2.08. The molecule has 0 atom stereocenters. The van der Waals surface area contributed by atoms with Gasteiger partial charge in [-0.2, -0.15) is 0 Å². The highest BCUT2D eigenvalue weighted by Crippen LogP contribution is 2.29. The summed E-state index contributed by atoms with van der Waals surface area (Å²) in [7, 11) is 0. The molecular weight excluding hydrogens is 562 g/mol. The summed E-state index contributed by atoms with van der Waals surface area (Å²) < 4.78 is 0. The summed E-state index contributed by atoms with van der Waals surface area (Å²) in [6.45, 7) is 3.17. The van der Waals surface area contributed by atoms with Gasteiger partial charge in [0.05, 0.1) is 0 Å². The zero-order chi connectivity index (χ0) is 28.5. The highest BCUT2D eigenvalue weighted by atomic mass is 35.5. The van der Waals surface area contributed by atoms with Crippen LogP contribution in [0, 0.1) is 6.92 Å². The molecule has 0 bridgehead atoms. The average Bonchev–Trinajstić information content (AvgIpc) is 2.96. The van der Waals surface area contributed by atoms with Crippen LogP contribution >= 0.6 is 35.1 Å². The van der Waals surface area contributed by atoms with Crippen LogP contribution in [0.4, 0.5) is 0 Å². The summed E-state index contributed by atoms with van der Waals surface area (Å²) in [5.41, 5.74) is 2.90. The van der Waals surface area contributed by atoms with Gasteiger partial charge >= 0.3 is 5.97 Å². The summed E-state index contributed by atoms with van der Waals surface area (Å²) in [6, 6.07) is 29.6. The fraction of sp³-hybridized carbons (Fsp3) is 0.125. The lowest BCUT2D eigenvalue weighted by Crippen LogP contribution is -2.16. The normalized spacial score (nSPS) is 11.2. The molecule has 4 rings (SSSR count). The maximum atomic E-state index is 13.2. The molecule has 202 valence electrons. The predicted molar refractivity (Wildman–Crippen MR) is 162 cm³/mol. The third kappa shape index (κ3) is 8.18. The quantitative estimate of drug-likeness (QED) is 0.0577. The second-order valence-electron chi connectivity index (χ2n) is 8.80. The van der Waals surface area contributed by atoms with Crippen molar-refractivity contribution in [2.75, 3.05) is 5.75 Å². The highest BCUT2D eigenvalue weighted by molar-refractivity contribution is 7.99. The van der Waals surface area contributed by atoms with E-state index in [0.29, 0.717) is 33.9 Å². The number of oxime groups is 1. The average molecular weight is 588 g/mol. The minimum absolute atomic E-state index is 0.00435. The fourth-order valence-electron chi connectivity index (χ4n) is 3.75.